The van der Waals surface area contributed by atoms with Crippen molar-refractivity contribution in [3.8, 4) is 6.07 Å². The lowest BCUT2D eigenvalue weighted by Crippen LogP contribution is -2.46. The van der Waals surface area contributed by atoms with Crippen molar-refractivity contribution >= 4 is 17.9 Å². The van der Waals surface area contributed by atoms with E-state index in [1.807, 2.05) is 13.8 Å². The van der Waals surface area contributed by atoms with Gasteiger partial charge in [-0.1, -0.05) is 12.1 Å². The zero-order valence-corrected chi connectivity index (χ0v) is 16.2. The van der Waals surface area contributed by atoms with E-state index in [1.54, 1.807) is 24.3 Å². The van der Waals surface area contributed by atoms with E-state index in [9.17, 15) is 19.6 Å². The molecule has 0 heterocycles. The van der Waals surface area contributed by atoms with Crippen molar-refractivity contribution in [2.24, 2.45) is 0 Å². The summed E-state index contributed by atoms with van der Waals surface area (Å²) < 4.78 is 5.03. The minimum Gasteiger partial charge on any atom is -0.452 e. The Morgan fingerprint density at radius 3 is 2.39 bits per heavy atom. The fraction of sp³-hybridized carbons (Fsp3) is 0.500. The Kier molecular flexibility index (Phi) is 7.38. The highest BCUT2D eigenvalue weighted by Crippen LogP contribution is 2.28. The molecule has 1 aliphatic carbocycles. The van der Waals surface area contributed by atoms with Crippen LogP contribution in [-0.2, 0) is 16.1 Å². The van der Waals surface area contributed by atoms with Crippen LogP contribution in [0, 0.1) is 11.3 Å². The van der Waals surface area contributed by atoms with Crippen molar-refractivity contribution < 1.29 is 19.1 Å². The Morgan fingerprint density at radius 1 is 1.18 bits per heavy atom. The zero-order valence-electron chi connectivity index (χ0n) is 16.2. The quantitative estimate of drug-likeness (QED) is 0.619. The van der Waals surface area contributed by atoms with E-state index in [0.29, 0.717) is 24.9 Å². The number of esters is 1. The number of hydrogen-bond donors (Lipinski definition) is 3. The predicted octanol–water partition coefficient (Wildman–Crippen LogP) is 2.00. The van der Waals surface area contributed by atoms with Crippen molar-refractivity contribution in [3.63, 3.8) is 0 Å². The Bertz CT molecular complexity index is 746. The molecule has 1 saturated carbocycles. The molecule has 8 heteroatoms. The second-order valence-corrected chi connectivity index (χ2v) is 7.20. The van der Waals surface area contributed by atoms with Gasteiger partial charge in [0.15, 0.2) is 6.61 Å². The number of ether oxygens (including phenoxy) is 1. The fourth-order valence-corrected chi connectivity index (χ4v) is 3.01. The van der Waals surface area contributed by atoms with E-state index >= 15 is 0 Å². The highest BCUT2D eigenvalue weighted by molar-refractivity contribution is 5.91. The average Bonchev–Trinajstić information content (AvgIpc) is 3.13. The van der Waals surface area contributed by atoms with E-state index in [-0.39, 0.29) is 12.1 Å². The Morgan fingerprint density at radius 2 is 1.82 bits per heavy atom. The molecule has 0 radical (unpaired) electrons. The first kappa shape index (κ1) is 21.2. The van der Waals surface area contributed by atoms with Gasteiger partial charge >= 0.3 is 12.0 Å². The van der Waals surface area contributed by atoms with Gasteiger partial charge in [-0.25, -0.2) is 9.59 Å². The lowest BCUT2D eigenvalue weighted by Gasteiger charge is -2.21. The third-order valence-corrected chi connectivity index (χ3v) is 4.45. The first-order valence-corrected chi connectivity index (χ1v) is 9.36. The number of amides is 3. The average molecular weight is 386 g/mol. The maximum Gasteiger partial charge on any atom is 0.338 e. The summed E-state index contributed by atoms with van der Waals surface area (Å²) in [6, 6.07) is 8.50. The number of rotatable bonds is 7. The van der Waals surface area contributed by atoms with Crippen LogP contribution < -0.4 is 16.0 Å². The smallest absolute Gasteiger partial charge is 0.338 e. The van der Waals surface area contributed by atoms with Crippen LogP contribution in [0.25, 0.3) is 0 Å². The van der Waals surface area contributed by atoms with Gasteiger partial charge in [0.1, 0.15) is 5.54 Å². The summed E-state index contributed by atoms with van der Waals surface area (Å²) in [6.45, 7) is 3.63. The van der Waals surface area contributed by atoms with Gasteiger partial charge in [0.25, 0.3) is 5.91 Å². The van der Waals surface area contributed by atoms with E-state index in [2.05, 4.69) is 22.0 Å². The lowest BCUT2D eigenvalue weighted by atomic mass is 10.00. The molecule has 150 valence electrons. The monoisotopic (exact) mass is 386 g/mol. The van der Waals surface area contributed by atoms with Gasteiger partial charge in [-0.2, -0.15) is 5.26 Å². The molecule has 1 aliphatic rings. The first-order valence-electron chi connectivity index (χ1n) is 9.36. The van der Waals surface area contributed by atoms with E-state index in [0.717, 1.165) is 18.4 Å². The van der Waals surface area contributed by atoms with Gasteiger partial charge in [0.2, 0.25) is 0 Å². The molecular weight excluding hydrogens is 360 g/mol. The summed E-state index contributed by atoms with van der Waals surface area (Å²) in [5.41, 5.74) is 0.296. The molecule has 2 rings (SSSR count). The van der Waals surface area contributed by atoms with Crippen molar-refractivity contribution in [2.45, 2.75) is 57.7 Å². The van der Waals surface area contributed by atoms with Crippen molar-refractivity contribution in [1.82, 2.24) is 16.0 Å². The second-order valence-electron chi connectivity index (χ2n) is 7.20. The van der Waals surface area contributed by atoms with Crippen LogP contribution in [0.1, 0.15) is 55.5 Å². The normalized spacial score (nSPS) is 14.8. The maximum atomic E-state index is 12.1. The summed E-state index contributed by atoms with van der Waals surface area (Å²) in [6.07, 6.45) is 3.03. The van der Waals surface area contributed by atoms with Crippen molar-refractivity contribution in [2.75, 3.05) is 6.61 Å². The Hall–Kier alpha value is -3.08. The molecule has 0 aromatic heterocycles. The highest BCUT2D eigenvalue weighted by atomic mass is 16.5. The minimum atomic E-state index is -0.833. The van der Waals surface area contributed by atoms with Gasteiger partial charge in [-0.3, -0.25) is 4.79 Å². The standard InChI is InChI=1S/C20H26N4O4/c1-14(2)23-19(27)22-11-15-5-7-16(8-6-15)18(26)28-12-17(25)24-20(13-21)9-3-4-10-20/h5-8,14H,3-4,9-12H2,1-2H3,(H,24,25)(H2,22,23,27). The Balaban J connectivity index is 1.78. The molecular formula is C20H26N4O4. The lowest BCUT2D eigenvalue weighted by molar-refractivity contribution is -0.125. The number of urea groups is 1. The summed E-state index contributed by atoms with van der Waals surface area (Å²) in [7, 11) is 0. The number of nitriles is 1. The zero-order chi connectivity index (χ0) is 20.6. The third kappa shape index (κ3) is 6.27. The Labute approximate surface area is 164 Å². The highest BCUT2D eigenvalue weighted by Gasteiger charge is 2.35. The third-order valence-electron chi connectivity index (χ3n) is 4.45. The SMILES string of the molecule is CC(C)NC(=O)NCc1ccc(C(=O)OCC(=O)NC2(C#N)CCCC2)cc1. The summed E-state index contributed by atoms with van der Waals surface area (Å²) in [4.78, 5) is 35.6. The molecule has 1 aromatic carbocycles. The molecule has 28 heavy (non-hydrogen) atoms. The molecule has 0 aliphatic heterocycles. The number of hydrogen-bond acceptors (Lipinski definition) is 5. The largest absolute Gasteiger partial charge is 0.452 e. The minimum absolute atomic E-state index is 0.0473. The van der Waals surface area contributed by atoms with Crippen molar-refractivity contribution in [1.29, 1.82) is 5.26 Å². The number of nitrogens with one attached hydrogen (secondary N) is 3. The molecule has 0 atom stereocenters. The summed E-state index contributed by atoms with van der Waals surface area (Å²) >= 11 is 0. The molecule has 0 unspecified atom stereocenters. The summed E-state index contributed by atoms with van der Waals surface area (Å²) in [5.74, 6) is -1.10. The topological polar surface area (TPSA) is 120 Å². The van der Waals surface area contributed by atoms with Gasteiger partial charge in [0, 0.05) is 12.6 Å². The molecule has 0 bridgehead atoms. The molecule has 0 saturated heterocycles. The van der Waals surface area contributed by atoms with Crippen LogP contribution >= 0.6 is 0 Å². The molecule has 3 N–H and O–H groups in total. The van der Waals surface area contributed by atoms with Crippen LogP contribution in [0.15, 0.2) is 24.3 Å². The summed E-state index contributed by atoms with van der Waals surface area (Å²) in [5, 5.41) is 17.4. The van der Waals surface area contributed by atoms with E-state index in [4.69, 9.17) is 4.74 Å². The van der Waals surface area contributed by atoms with Gasteiger partial charge in [0.05, 0.1) is 11.6 Å². The predicted molar refractivity (Wildman–Crippen MR) is 102 cm³/mol. The van der Waals surface area contributed by atoms with Crippen LogP contribution in [0.2, 0.25) is 0 Å². The maximum absolute atomic E-state index is 12.1. The van der Waals surface area contributed by atoms with Crippen LogP contribution in [0.5, 0.6) is 0 Å². The van der Waals surface area contributed by atoms with E-state index < -0.39 is 24.0 Å². The fourth-order valence-electron chi connectivity index (χ4n) is 3.01. The first-order chi connectivity index (χ1) is 13.3. The number of carbonyl (C=O) groups is 3. The van der Waals surface area contributed by atoms with Gasteiger partial charge in [-0.15, -0.1) is 0 Å². The molecule has 8 nitrogen and oxygen atoms in total. The van der Waals surface area contributed by atoms with Gasteiger partial charge < -0.3 is 20.7 Å². The number of nitrogens with zero attached hydrogens (tertiary/aromatic N) is 1. The van der Waals surface area contributed by atoms with Crippen LogP contribution in [0.3, 0.4) is 0 Å². The van der Waals surface area contributed by atoms with E-state index in [1.165, 1.54) is 0 Å². The van der Waals surface area contributed by atoms with Gasteiger partial charge in [-0.05, 0) is 57.2 Å². The van der Waals surface area contributed by atoms with Crippen molar-refractivity contribution in [3.05, 3.63) is 35.4 Å². The molecule has 1 aromatic rings. The molecule has 3 amide bonds. The second kappa shape index (κ2) is 9.74. The number of carbonyl (C=O) groups excluding carboxylic acids is 3. The molecule has 0 spiro atoms. The molecule has 1 fully saturated rings. The van der Waals surface area contributed by atoms with Crippen LogP contribution in [0.4, 0.5) is 4.79 Å². The van der Waals surface area contributed by atoms with Crippen LogP contribution in [-0.4, -0.2) is 36.1 Å². The number of benzene rings is 1.